The standard InChI is InChI=1S/C24H40N2O3/c1-5-17-29-24(4,19-20(2)3)23(27)25-21-10-12-22(13-11-21)28-18-9-16-26-14-7-6-8-15-26/h10-13,20H,5-9,14-19H2,1-4H3,(H,25,27)/t24-/m0/s1. The Kier molecular flexibility index (Phi) is 9.95. The van der Waals surface area contributed by atoms with Gasteiger partial charge in [-0.05, 0) is 82.3 Å². The second kappa shape index (κ2) is 12.2. The van der Waals surface area contributed by atoms with E-state index in [4.69, 9.17) is 9.47 Å². The zero-order valence-corrected chi connectivity index (χ0v) is 18.8. The fourth-order valence-corrected chi connectivity index (χ4v) is 3.88. The third-order valence-electron chi connectivity index (χ3n) is 5.35. The van der Waals surface area contributed by atoms with Gasteiger partial charge in [-0.1, -0.05) is 27.2 Å². The van der Waals surface area contributed by atoms with Crippen LogP contribution in [0.5, 0.6) is 5.75 Å². The van der Waals surface area contributed by atoms with Crippen molar-refractivity contribution in [2.75, 3.05) is 38.2 Å². The van der Waals surface area contributed by atoms with Crippen LogP contribution in [0.3, 0.4) is 0 Å². The molecule has 0 unspecified atom stereocenters. The number of carbonyl (C=O) groups is 1. The quantitative estimate of drug-likeness (QED) is 0.492. The number of piperidine rings is 1. The summed E-state index contributed by atoms with van der Waals surface area (Å²) in [5.74, 6) is 1.13. The van der Waals surface area contributed by atoms with Crippen molar-refractivity contribution in [3.8, 4) is 5.75 Å². The predicted molar refractivity (Wildman–Crippen MR) is 120 cm³/mol. The lowest BCUT2D eigenvalue weighted by atomic mass is 9.93. The van der Waals surface area contributed by atoms with Crippen molar-refractivity contribution in [1.82, 2.24) is 4.90 Å². The molecular formula is C24H40N2O3. The van der Waals surface area contributed by atoms with Crippen LogP contribution in [0.2, 0.25) is 0 Å². The summed E-state index contributed by atoms with van der Waals surface area (Å²) < 4.78 is 11.8. The zero-order valence-electron chi connectivity index (χ0n) is 18.8. The summed E-state index contributed by atoms with van der Waals surface area (Å²) >= 11 is 0. The van der Waals surface area contributed by atoms with Crippen LogP contribution in [-0.4, -0.2) is 49.3 Å². The van der Waals surface area contributed by atoms with E-state index in [1.54, 1.807) is 0 Å². The number of hydrogen-bond donors (Lipinski definition) is 1. The van der Waals surface area contributed by atoms with Crippen molar-refractivity contribution in [2.24, 2.45) is 5.92 Å². The molecule has 0 bridgehead atoms. The predicted octanol–water partition coefficient (Wildman–Crippen LogP) is 5.11. The van der Waals surface area contributed by atoms with E-state index in [2.05, 4.69) is 31.0 Å². The average molecular weight is 405 g/mol. The highest BCUT2D eigenvalue weighted by Gasteiger charge is 2.34. The van der Waals surface area contributed by atoms with Crippen LogP contribution in [0, 0.1) is 5.92 Å². The van der Waals surface area contributed by atoms with Crippen LogP contribution in [0.1, 0.15) is 66.2 Å². The molecule has 1 heterocycles. The number of likely N-dealkylation sites (tertiary alicyclic amines) is 1. The molecule has 1 amide bonds. The number of ether oxygens (including phenoxy) is 2. The molecule has 1 N–H and O–H groups in total. The van der Waals surface area contributed by atoms with Crippen molar-refractivity contribution in [3.05, 3.63) is 24.3 Å². The van der Waals surface area contributed by atoms with Crippen molar-refractivity contribution in [3.63, 3.8) is 0 Å². The molecule has 1 fully saturated rings. The lowest BCUT2D eigenvalue weighted by molar-refractivity contribution is -0.141. The molecule has 0 aliphatic carbocycles. The maximum Gasteiger partial charge on any atom is 0.256 e. The Hall–Kier alpha value is -1.59. The Morgan fingerprint density at radius 1 is 1.14 bits per heavy atom. The first-order valence-corrected chi connectivity index (χ1v) is 11.3. The summed E-state index contributed by atoms with van der Waals surface area (Å²) in [5, 5.41) is 3.01. The molecule has 1 aliphatic heterocycles. The number of rotatable bonds is 12. The van der Waals surface area contributed by atoms with E-state index in [-0.39, 0.29) is 5.91 Å². The summed E-state index contributed by atoms with van der Waals surface area (Å²) in [5.41, 5.74) is -0.0425. The molecule has 29 heavy (non-hydrogen) atoms. The number of nitrogens with one attached hydrogen (secondary N) is 1. The molecule has 1 aromatic carbocycles. The van der Waals surface area contributed by atoms with Crippen molar-refractivity contribution in [1.29, 1.82) is 0 Å². The fourth-order valence-electron chi connectivity index (χ4n) is 3.88. The van der Waals surface area contributed by atoms with Crippen molar-refractivity contribution in [2.45, 2.75) is 71.8 Å². The molecule has 5 nitrogen and oxygen atoms in total. The largest absolute Gasteiger partial charge is 0.494 e. The third kappa shape index (κ3) is 8.35. The summed E-state index contributed by atoms with van der Waals surface area (Å²) in [7, 11) is 0. The SMILES string of the molecule is CCCO[C@@](C)(CC(C)C)C(=O)Nc1ccc(OCCCN2CCCCC2)cc1. The Morgan fingerprint density at radius 3 is 2.45 bits per heavy atom. The van der Waals surface area contributed by atoms with Gasteiger partial charge >= 0.3 is 0 Å². The highest BCUT2D eigenvalue weighted by Crippen LogP contribution is 2.24. The third-order valence-corrected chi connectivity index (χ3v) is 5.35. The highest BCUT2D eigenvalue weighted by atomic mass is 16.5. The summed E-state index contributed by atoms with van der Waals surface area (Å²) in [6.45, 7) is 13.0. The van der Waals surface area contributed by atoms with E-state index in [0.29, 0.717) is 18.9 Å². The molecule has 2 rings (SSSR count). The second-order valence-corrected chi connectivity index (χ2v) is 8.76. The lowest BCUT2D eigenvalue weighted by Crippen LogP contribution is -2.44. The van der Waals surface area contributed by atoms with Crippen molar-refractivity contribution < 1.29 is 14.3 Å². The van der Waals surface area contributed by atoms with E-state index in [9.17, 15) is 4.79 Å². The van der Waals surface area contributed by atoms with Gasteiger partial charge < -0.3 is 19.7 Å². The topological polar surface area (TPSA) is 50.8 Å². The van der Waals surface area contributed by atoms with Gasteiger partial charge in [0.05, 0.1) is 6.61 Å². The first-order chi connectivity index (χ1) is 13.9. The molecule has 0 radical (unpaired) electrons. The second-order valence-electron chi connectivity index (χ2n) is 8.76. The minimum absolute atomic E-state index is 0.0881. The van der Waals surface area contributed by atoms with E-state index in [0.717, 1.165) is 37.4 Å². The van der Waals surface area contributed by atoms with Gasteiger partial charge in [0, 0.05) is 18.8 Å². The van der Waals surface area contributed by atoms with E-state index in [1.165, 1.54) is 32.4 Å². The Balaban J connectivity index is 1.79. The minimum Gasteiger partial charge on any atom is -0.494 e. The maximum atomic E-state index is 12.8. The molecule has 1 aromatic rings. The van der Waals surface area contributed by atoms with Crippen LogP contribution in [-0.2, 0) is 9.53 Å². The van der Waals surface area contributed by atoms with Gasteiger partial charge in [-0.3, -0.25) is 4.79 Å². The van der Waals surface area contributed by atoms with Gasteiger partial charge in [-0.2, -0.15) is 0 Å². The summed E-state index contributed by atoms with van der Waals surface area (Å²) in [6.07, 6.45) is 6.65. The van der Waals surface area contributed by atoms with Gasteiger partial charge in [0.2, 0.25) is 0 Å². The molecule has 5 heteroatoms. The van der Waals surface area contributed by atoms with Gasteiger partial charge in [0.1, 0.15) is 11.4 Å². The smallest absolute Gasteiger partial charge is 0.256 e. The summed E-state index contributed by atoms with van der Waals surface area (Å²) in [4.78, 5) is 15.4. The lowest BCUT2D eigenvalue weighted by Gasteiger charge is -2.30. The monoisotopic (exact) mass is 404 g/mol. The Bertz CT molecular complexity index is 597. The molecule has 1 aliphatic rings. The molecule has 1 saturated heterocycles. The molecule has 1 atom stereocenters. The van der Waals surface area contributed by atoms with Crippen molar-refractivity contribution >= 4 is 11.6 Å². The fraction of sp³-hybridized carbons (Fsp3) is 0.708. The van der Waals surface area contributed by atoms with E-state index in [1.807, 2.05) is 31.2 Å². The number of nitrogens with zero attached hydrogens (tertiary/aromatic N) is 1. The molecular weight excluding hydrogens is 364 g/mol. The molecule has 0 saturated carbocycles. The number of amides is 1. The van der Waals surface area contributed by atoms with E-state index < -0.39 is 5.60 Å². The number of hydrogen-bond acceptors (Lipinski definition) is 4. The summed E-state index contributed by atoms with van der Waals surface area (Å²) in [6, 6.07) is 7.63. The number of benzene rings is 1. The molecule has 0 aromatic heterocycles. The van der Waals surface area contributed by atoms with Crippen LogP contribution < -0.4 is 10.1 Å². The van der Waals surface area contributed by atoms with Gasteiger partial charge in [-0.15, -0.1) is 0 Å². The molecule has 0 spiro atoms. The first kappa shape index (κ1) is 23.7. The number of anilines is 1. The van der Waals surface area contributed by atoms with Gasteiger partial charge in [0.25, 0.3) is 5.91 Å². The van der Waals surface area contributed by atoms with Crippen LogP contribution in [0.15, 0.2) is 24.3 Å². The highest BCUT2D eigenvalue weighted by molar-refractivity contribution is 5.97. The van der Waals surface area contributed by atoms with Gasteiger partial charge in [0.15, 0.2) is 0 Å². The Morgan fingerprint density at radius 2 is 1.83 bits per heavy atom. The van der Waals surface area contributed by atoms with Crippen LogP contribution in [0.25, 0.3) is 0 Å². The van der Waals surface area contributed by atoms with Crippen LogP contribution >= 0.6 is 0 Å². The van der Waals surface area contributed by atoms with Gasteiger partial charge in [-0.25, -0.2) is 0 Å². The minimum atomic E-state index is -0.812. The maximum absolute atomic E-state index is 12.8. The number of carbonyl (C=O) groups excluding carboxylic acids is 1. The first-order valence-electron chi connectivity index (χ1n) is 11.3. The van der Waals surface area contributed by atoms with Crippen LogP contribution in [0.4, 0.5) is 5.69 Å². The average Bonchev–Trinajstić information content (AvgIpc) is 2.71. The molecule has 164 valence electrons. The van der Waals surface area contributed by atoms with E-state index >= 15 is 0 Å². The Labute approximate surface area is 177 Å². The zero-order chi connectivity index (χ0) is 21.1. The normalized spacial score (nSPS) is 17.1.